The first kappa shape index (κ1) is 14.0. The maximum atomic E-state index is 11.9. The SMILES string of the molecule is COC(=O)c1ccccc1C1=C/C(=C/CO)COC1=O. The van der Waals surface area contributed by atoms with Crippen LogP contribution in [0.2, 0.25) is 0 Å². The molecule has 0 bridgehead atoms. The largest absolute Gasteiger partial charge is 0.465 e. The Morgan fingerprint density at radius 2 is 2.20 bits per heavy atom. The number of hydrogen-bond donors (Lipinski definition) is 1. The van der Waals surface area contributed by atoms with E-state index in [0.29, 0.717) is 16.7 Å². The van der Waals surface area contributed by atoms with Crippen molar-refractivity contribution in [2.45, 2.75) is 0 Å². The fourth-order valence-corrected chi connectivity index (χ4v) is 1.94. The Morgan fingerprint density at radius 1 is 1.45 bits per heavy atom. The number of ether oxygens (including phenoxy) is 2. The van der Waals surface area contributed by atoms with E-state index in [-0.39, 0.29) is 18.8 Å². The zero-order chi connectivity index (χ0) is 14.5. The summed E-state index contributed by atoms with van der Waals surface area (Å²) in [5, 5.41) is 8.90. The van der Waals surface area contributed by atoms with Gasteiger partial charge in [-0.1, -0.05) is 24.3 Å². The van der Waals surface area contributed by atoms with Gasteiger partial charge in [0.05, 0.1) is 24.9 Å². The van der Waals surface area contributed by atoms with Crippen molar-refractivity contribution in [3.8, 4) is 0 Å². The Morgan fingerprint density at radius 3 is 2.90 bits per heavy atom. The van der Waals surface area contributed by atoms with Crippen LogP contribution in [0, 0.1) is 0 Å². The minimum Gasteiger partial charge on any atom is -0.465 e. The smallest absolute Gasteiger partial charge is 0.339 e. The third-order valence-corrected chi connectivity index (χ3v) is 2.90. The number of aliphatic hydroxyl groups is 1. The Balaban J connectivity index is 2.52. The molecule has 1 heterocycles. The first-order valence-corrected chi connectivity index (χ1v) is 6.03. The van der Waals surface area contributed by atoms with E-state index in [9.17, 15) is 9.59 Å². The van der Waals surface area contributed by atoms with Gasteiger partial charge in [0.2, 0.25) is 0 Å². The van der Waals surface area contributed by atoms with Gasteiger partial charge in [-0.05, 0) is 17.7 Å². The lowest BCUT2D eigenvalue weighted by Crippen LogP contribution is -2.17. The van der Waals surface area contributed by atoms with Gasteiger partial charge in [0, 0.05) is 5.56 Å². The molecule has 0 amide bonds. The highest BCUT2D eigenvalue weighted by Crippen LogP contribution is 2.26. The van der Waals surface area contributed by atoms with Gasteiger partial charge >= 0.3 is 11.9 Å². The number of carbonyl (C=O) groups excluding carboxylic acids is 2. The molecule has 2 rings (SSSR count). The highest BCUT2D eigenvalue weighted by Gasteiger charge is 2.23. The molecule has 5 nitrogen and oxygen atoms in total. The second-order valence-corrected chi connectivity index (χ2v) is 4.13. The maximum Gasteiger partial charge on any atom is 0.339 e. The summed E-state index contributed by atoms with van der Waals surface area (Å²) in [5.74, 6) is -1.02. The van der Waals surface area contributed by atoms with E-state index in [4.69, 9.17) is 14.6 Å². The first-order chi connectivity index (χ1) is 9.67. The van der Waals surface area contributed by atoms with Crippen LogP contribution in [0.5, 0.6) is 0 Å². The molecule has 1 N–H and O–H groups in total. The molecule has 0 atom stereocenters. The summed E-state index contributed by atoms with van der Waals surface area (Å²) in [6.07, 6.45) is 3.16. The van der Waals surface area contributed by atoms with Gasteiger partial charge in [0.1, 0.15) is 6.61 Å². The summed E-state index contributed by atoms with van der Waals surface area (Å²) in [5.41, 5.74) is 1.70. The van der Waals surface area contributed by atoms with Gasteiger partial charge in [-0.2, -0.15) is 0 Å². The quantitative estimate of drug-likeness (QED) is 0.842. The van der Waals surface area contributed by atoms with Crippen LogP contribution < -0.4 is 0 Å². The van der Waals surface area contributed by atoms with Crippen molar-refractivity contribution in [2.24, 2.45) is 0 Å². The fraction of sp³-hybridized carbons (Fsp3) is 0.200. The number of hydrogen-bond acceptors (Lipinski definition) is 5. The van der Waals surface area contributed by atoms with Crippen LogP contribution in [0.25, 0.3) is 5.57 Å². The van der Waals surface area contributed by atoms with E-state index in [1.165, 1.54) is 7.11 Å². The van der Waals surface area contributed by atoms with Gasteiger partial charge in [0.15, 0.2) is 0 Å². The normalized spacial score (nSPS) is 16.6. The minimum atomic E-state index is -0.521. The summed E-state index contributed by atoms with van der Waals surface area (Å²) >= 11 is 0. The van der Waals surface area contributed by atoms with E-state index < -0.39 is 11.9 Å². The second kappa shape index (κ2) is 6.16. The molecule has 0 radical (unpaired) electrons. The Labute approximate surface area is 116 Å². The number of benzene rings is 1. The average molecular weight is 274 g/mol. The second-order valence-electron chi connectivity index (χ2n) is 4.13. The molecule has 0 saturated carbocycles. The van der Waals surface area contributed by atoms with Crippen molar-refractivity contribution in [2.75, 3.05) is 20.3 Å². The van der Waals surface area contributed by atoms with Crippen LogP contribution in [0.1, 0.15) is 15.9 Å². The Kier molecular flexibility index (Phi) is 4.32. The van der Waals surface area contributed by atoms with Crippen molar-refractivity contribution < 1.29 is 24.2 Å². The number of rotatable bonds is 3. The molecular formula is C15H14O5. The van der Waals surface area contributed by atoms with Crippen molar-refractivity contribution >= 4 is 17.5 Å². The van der Waals surface area contributed by atoms with Crippen LogP contribution in [0.4, 0.5) is 0 Å². The molecule has 1 aliphatic rings. The van der Waals surface area contributed by atoms with Gasteiger partial charge in [-0.15, -0.1) is 0 Å². The Hall–Kier alpha value is -2.40. The molecular weight excluding hydrogens is 260 g/mol. The topological polar surface area (TPSA) is 72.8 Å². The lowest BCUT2D eigenvalue weighted by Gasteiger charge is -2.17. The summed E-state index contributed by atoms with van der Waals surface area (Å²) in [6.45, 7) is -0.0292. The summed E-state index contributed by atoms with van der Waals surface area (Å²) in [6, 6.07) is 6.65. The van der Waals surface area contributed by atoms with E-state index in [1.807, 2.05) is 0 Å². The molecule has 0 aliphatic carbocycles. The molecule has 5 heteroatoms. The first-order valence-electron chi connectivity index (χ1n) is 6.03. The fourth-order valence-electron chi connectivity index (χ4n) is 1.94. The third-order valence-electron chi connectivity index (χ3n) is 2.90. The van der Waals surface area contributed by atoms with Gasteiger partial charge < -0.3 is 14.6 Å². The molecule has 0 saturated heterocycles. The van der Waals surface area contributed by atoms with Crippen molar-refractivity contribution in [1.29, 1.82) is 0 Å². The number of carbonyl (C=O) groups is 2. The number of cyclic esters (lactones) is 1. The summed E-state index contributed by atoms with van der Waals surface area (Å²) in [4.78, 5) is 23.6. The van der Waals surface area contributed by atoms with Crippen molar-refractivity contribution in [3.63, 3.8) is 0 Å². The van der Waals surface area contributed by atoms with E-state index in [0.717, 1.165) is 0 Å². The predicted molar refractivity (Wildman–Crippen MR) is 71.9 cm³/mol. The van der Waals surface area contributed by atoms with Crippen LogP contribution in [-0.2, 0) is 14.3 Å². The maximum absolute atomic E-state index is 11.9. The molecule has 0 aromatic heterocycles. The highest BCUT2D eigenvalue weighted by atomic mass is 16.5. The number of esters is 2. The van der Waals surface area contributed by atoms with Gasteiger partial charge in [-0.3, -0.25) is 0 Å². The van der Waals surface area contributed by atoms with Gasteiger partial charge in [0.25, 0.3) is 0 Å². The summed E-state index contributed by atoms with van der Waals surface area (Å²) < 4.78 is 9.74. The third kappa shape index (κ3) is 2.78. The molecule has 0 unspecified atom stereocenters. The molecule has 0 fully saturated rings. The lowest BCUT2D eigenvalue weighted by atomic mass is 9.96. The molecule has 20 heavy (non-hydrogen) atoms. The molecule has 0 spiro atoms. The highest BCUT2D eigenvalue weighted by molar-refractivity contribution is 6.20. The minimum absolute atomic E-state index is 0.114. The molecule has 104 valence electrons. The van der Waals surface area contributed by atoms with Crippen molar-refractivity contribution in [3.05, 3.63) is 53.1 Å². The monoisotopic (exact) mass is 274 g/mol. The Bertz CT molecular complexity index is 598. The van der Waals surface area contributed by atoms with Crippen LogP contribution in [0.3, 0.4) is 0 Å². The molecule has 1 aromatic rings. The predicted octanol–water partition coefficient (Wildman–Crippen LogP) is 1.33. The van der Waals surface area contributed by atoms with E-state index in [2.05, 4.69) is 0 Å². The molecule has 1 aliphatic heterocycles. The van der Waals surface area contributed by atoms with Crippen molar-refractivity contribution in [1.82, 2.24) is 0 Å². The zero-order valence-electron chi connectivity index (χ0n) is 11.0. The molecule has 1 aromatic carbocycles. The number of methoxy groups -OCH3 is 1. The van der Waals surface area contributed by atoms with Crippen LogP contribution >= 0.6 is 0 Å². The van der Waals surface area contributed by atoms with Crippen LogP contribution in [-0.4, -0.2) is 37.4 Å². The van der Waals surface area contributed by atoms with Gasteiger partial charge in [-0.25, -0.2) is 9.59 Å². The average Bonchev–Trinajstić information content (AvgIpc) is 2.49. The lowest BCUT2D eigenvalue weighted by molar-refractivity contribution is -0.136. The zero-order valence-corrected chi connectivity index (χ0v) is 11.0. The van der Waals surface area contributed by atoms with E-state index in [1.54, 1.807) is 36.4 Å². The summed E-state index contributed by atoms with van der Waals surface area (Å²) in [7, 11) is 1.28. The number of aliphatic hydroxyl groups excluding tert-OH is 1. The van der Waals surface area contributed by atoms with Crippen LogP contribution in [0.15, 0.2) is 42.0 Å². The standard InChI is InChI=1S/C15H14O5/c1-19-14(17)12-5-3-2-4-11(12)13-8-10(6-7-16)9-20-15(13)18/h2-6,8,16H,7,9H2,1H3/b10-6-. The van der Waals surface area contributed by atoms with E-state index >= 15 is 0 Å².